The maximum Gasteiger partial charge on any atom is 0.280 e. The summed E-state index contributed by atoms with van der Waals surface area (Å²) in [4.78, 5) is 39.2. The Morgan fingerprint density at radius 1 is 0.885 bits per heavy atom. The molecular formula is C19H17N3O4. The Bertz CT molecular complexity index is 838. The second kappa shape index (κ2) is 6.61. The van der Waals surface area contributed by atoms with Crippen LogP contribution >= 0.6 is 0 Å². The Morgan fingerprint density at radius 3 is 2.04 bits per heavy atom. The van der Waals surface area contributed by atoms with Gasteiger partial charge in [0.05, 0.1) is 24.3 Å². The molecule has 0 atom stereocenters. The summed E-state index contributed by atoms with van der Waals surface area (Å²) in [6, 6.07) is 13.6. The molecule has 26 heavy (non-hydrogen) atoms. The summed E-state index contributed by atoms with van der Waals surface area (Å²) in [5.41, 5.74) is 4.37. The third-order valence-electron chi connectivity index (χ3n) is 4.51. The third kappa shape index (κ3) is 2.82. The SMILES string of the molecule is O=C(NN1C(=O)c2ccccc2C1=O)c1ccc(N2CCOCC2)cc1. The molecule has 3 amide bonds. The van der Waals surface area contributed by atoms with Gasteiger partial charge in [0.1, 0.15) is 0 Å². The zero-order chi connectivity index (χ0) is 18.1. The topological polar surface area (TPSA) is 79.0 Å². The van der Waals surface area contributed by atoms with E-state index in [-0.39, 0.29) is 0 Å². The molecule has 1 fully saturated rings. The van der Waals surface area contributed by atoms with Crippen LogP contribution in [0.3, 0.4) is 0 Å². The van der Waals surface area contributed by atoms with Gasteiger partial charge in [-0.3, -0.25) is 19.8 Å². The van der Waals surface area contributed by atoms with E-state index in [1.54, 1.807) is 36.4 Å². The molecule has 2 aliphatic heterocycles. The highest BCUT2D eigenvalue weighted by Gasteiger charge is 2.36. The third-order valence-corrected chi connectivity index (χ3v) is 4.51. The first-order valence-electron chi connectivity index (χ1n) is 8.37. The summed E-state index contributed by atoms with van der Waals surface area (Å²) in [7, 11) is 0. The molecule has 0 unspecified atom stereocenters. The molecule has 2 aliphatic rings. The van der Waals surface area contributed by atoms with Crippen LogP contribution in [-0.4, -0.2) is 49.0 Å². The second-order valence-electron chi connectivity index (χ2n) is 6.08. The first-order valence-corrected chi connectivity index (χ1v) is 8.37. The van der Waals surface area contributed by atoms with Gasteiger partial charge in [0.2, 0.25) is 0 Å². The van der Waals surface area contributed by atoms with Crippen molar-refractivity contribution in [3.63, 3.8) is 0 Å². The number of morpholine rings is 1. The number of fused-ring (bicyclic) bond motifs is 1. The van der Waals surface area contributed by atoms with Crippen molar-refractivity contribution in [3.8, 4) is 0 Å². The van der Waals surface area contributed by atoms with Gasteiger partial charge < -0.3 is 9.64 Å². The maximum absolute atomic E-state index is 12.4. The first kappa shape index (κ1) is 16.3. The number of nitrogens with zero attached hydrogens (tertiary/aromatic N) is 2. The van der Waals surface area contributed by atoms with Crippen LogP contribution in [0.4, 0.5) is 5.69 Å². The van der Waals surface area contributed by atoms with Crippen LogP contribution in [0.25, 0.3) is 0 Å². The van der Waals surface area contributed by atoms with E-state index in [0.717, 1.165) is 23.8 Å². The second-order valence-corrected chi connectivity index (χ2v) is 6.08. The predicted octanol–water partition coefficient (Wildman–Crippen LogP) is 1.46. The molecule has 1 N–H and O–H groups in total. The fraction of sp³-hybridized carbons (Fsp3) is 0.211. The molecule has 2 aromatic carbocycles. The van der Waals surface area contributed by atoms with Gasteiger partial charge in [-0.2, -0.15) is 5.01 Å². The minimum absolute atomic E-state index is 0.292. The molecule has 7 heteroatoms. The number of benzene rings is 2. The number of hydrazine groups is 1. The van der Waals surface area contributed by atoms with Gasteiger partial charge >= 0.3 is 0 Å². The van der Waals surface area contributed by atoms with Crippen molar-refractivity contribution in [2.45, 2.75) is 0 Å². The number of ether oxygens (including phenoxy) is 1. The highest BCUT2D eigenvalue weighted by molar-refractivity contribution is 6.22. The van der Waals surface area contributed by atoms with Gasteiger partial charge in [-0.1, -0.05) is 12.1 Å². The lowest BCUT2D eigenvalue weighted by Crippen LogP contribution is -2.45. The van der Waals surface area contributed by atoms with E-state index in [2.05, 4.69) is 10.3 Å². The molecule has 0 aliphatic carbocycles. The van der Waals surface area contributed by atoms with Crippen LogP contribution < -0.4 is 10.3 Å². The average Bonchev–Trinajstić information content (AvgIpc) is 2.94. The van der Waals surface area contributed by atoms with Crippen LogP contribution in [0.15, 0.2) is 48.5 Å². The molecule has 2 heterocycles. The number of carbonyl (C=O) groups excluding carboxylic acids is 3. The fourth-order valence-corrected chi connectivity index (χ4v) is 3.10. The Kier molecular flexibility index (Phi) is 4.14. The average molecular weight is 351 g/mol. The lowest BCUT2D eigenvalue weighted by atomic mass is 10.1. The minimum atomic E-state index is -0.524. The number of anilines is 1. The number of nitrogens with one attached hydrogen (secondary N) is 1. The molecule has 0 spiro atoms. The van der Waals surface area contributed by atoms with Crippen LogP contribution in [0.5, 0.6) is 0 Å². The smallest absolute Gasteiger partial charge is 0.280 e. The summed E-state index contributed by atoms with van der Waals surface area (Å²) in [5.74, 6) is -1.55. The number of amides is 3. The Morgan fingerprint density at radius 2 is 1.46 bits per heavy atom. The van der Waals surface area contributed by atoms with E-state index in [9.17, 15) is 14.4 Å². The summed E-state index contributed by atoms with van der Waals surface area (Å²) >= 11 is 0. The lowest BCUT2D eigenvalue weighted by Gasteiger charge is -2.28. The van der Waals surface area contributed by atoms with Crippen molar-refractivity contribution in [1.82, 2.24) is 10.4 Å². The number of carbonyl (C=O) groups is 3. The summed E-state index contributed by atoms with van der Waals surface area (Å²) in [5, 5.41) is 0.767. The zero-order valence-corrected chi connectivity index (χ0v) is 14.0. The first-order chi connectivity index (χ1) is 12.6. The van der Waals surface area contributed by atoms with Crippen LogP contribution in [0.1, 0.15) is 31.1 Å². The Hall–Kier alpha value is -3.19. The van der Waals surface area contributed by atoms with Gasteiger partial charge in [-0.25, -0.2) is 0 Å². The normalized spacial score (nSPS) is 16.6. The predicted molar refractivity (Wildman–Crippen MR) is 93.9 cm³/mol. The monoisotopic (exact) mass is 351 g/mol. The summed E-state index contributed by atoms with van der Waals surface area (Å²) in [6.45, 7) is 2.98. The van der Waals surface area contributed by atoms with E-state index in [1.165, 1.54) is 0 Å². The molecule has 0 saturated carbocycles. The quantitative estimate of drug-likeness (QED) is 0.847. The fourth-order valence-electron chi connectivity index (χ4n) is 3.10. The van der Waals surface area contributed by atoms with Crippen molar-refractivity contribution in [3.05, 3.63) is 65.2 Å². The van der Waals surface area contributed by atoms with Gasteiger partial charge in [-0.05, 0) is 36.4 Å². The molecule has 0 bridgehead atoms. The van der Waals surface area contributed by atoms with Crippen LogP contribution in [0, 0.1) is 0 Å². The highest BCUT2D eigenvalue weighted by atomic mass is 16.5. The van der Waals surface area contributed by atoms with Crippen molar-refractivity contribution in [1.29, 1.82) is 0 Å². The standard InChI is InChI=1S/C19H17N3O4/c23-17(13-5-7-14(8-6-13)21-9-11-26-12-10-21)20-22-18(24)15-3-1-2-4-16(15)19(22)25/h1-8H,9-12H2,(H,20,23). The number of hydrogen-bond donors (Lipinski definition) is 1. The molecule has 0 radical (unpaired) electrons. The number of imide groups is 1. The van der Waals surface area contributed by atoms with Crippen molar-refractivity contribution < 1.29 is 19.1 Å². The van der Waals surface area contributed by atoms with Crippen molar-refractivity contribution in [2.75, 3.05) is 31.2 Å². The van der Waals surface area contributed by atoms with Gasteiger partial charge in [-0.15, -0.1) is 0 Å². The van der Waals surface area contributed by atoms with Crippen LogP contribution in [0.2, 0.25) is 0 Å². The molecule has 1 saturated heterocycles. The maximum atomic E-state index is 12.4. The molecule has 4 rings (SSSR count). The molecule has 0 aromatic heterocycles. The lowest BCUT2D eigenvalue weighted by molar-refractivity contribution is 0.0518. The summed E-state index contributed by atoms with van der Waals surface area (Å²) in [6.07, 6.45) is 0. The molecular weight excluding hydrogens is 334 g/mol. The number of hydrogen-bond acceptors (Lipinski definition) is 5. The minimum Gasteiger partial charge on any atom is -0.378 e. The largest absolute Gasteiger partial charge is 0.378 e. The molecule has 2 aromatic rings. The van der Waals surface area contributed by atoms with Crippen molar-refractivity contribution in [2.24, 2.45) is 0 Å². The van der Waals surface area contributed by atoms with Crippen LogP contribution in [-0.2, 0) is 4.74 Å². The van der Waals surface area contributed by atoms with Crippen molar-refractivity contribution >= 4 is 23.4 Å². The number of rotatable bonds is 3. The Labute approximate surface area is 150 Å². The van der Waals surface area contributed by atoms with Gasteiger partial charge in [0.15, 0.2) is 0 Å². The summed E-state index contributed by atoms with van der Waals surface area (Å²) < 4.78 is 5.33. The molecule has 7 nitrogen and oxygen atoms in total. The van der Waals surface area contributed by atoms with E-state index < -0.39 is 17.7 Å². The highest BCUT2D eigenvalue weighted by Crippen LogP contribution is 2.21. The van der Waals surface area contributed by atoms with E-state index in [1.807, 2.05) is 12.1 Å². The zero-order valence-electron chi connectivity index (χ0n) is 14.0. The molecule has 132 valence electrons. The van der Waals surface area contributed by atoms with E-state index in [0.29, 0.717) is 29.9 Å². The Balaban J connectivity index is 1.47. The van der Waals surface area contributed by atoms with E-state index in [4.69, 9.17) is 4.74 Å². The van der Waals surface area contributed by atoms with E-state index >= 15 is 0 Å². The van der Waals surface area contributed by atoms with Gasteiger partial charge in [0.25, 0.3) is 17.7 Å². The van der Waals surface area contributed by atoms with Gasteiger partial charge in [0, 0.05) is 24.3 Å².